The summed E-state index contributed by atoms with van der Waals surface area (Å²) in [6.07, 6.45) is 7.81. The molecule has 0 aliphatic heterocycles. The number of nitrogens with one attached hydrogen (secondary N) is 2. The summed E-state index contributed by atoms with van der Waals surface area (Å²) >= 11 is 6.11. The van der Waals surface area contributed by atoms with Gasteiger partial charge in [-0.15, -0.1) is 5.10 Å². The molecule has 0 fully saturated rings. The molecular formula is C13H21ClN6. The minimum absolute atomic E-state index is 0.583. The predicted octanol–water partition coefficient (Wildman–Crippen LogP) is 2.18. The van der Waals surface area contributed by atoms with E-state index in [4.69, 9.17) is 11.6 Å². The van der Waals surface area contributed by atoms with E-state index in [1.165, 1.54) is 0 Å². The number of unbranched alkanes of at least 4 members (excludes halogenated alkanes) is 1. The average Bonchev–Trinajstić information content (AvgIpc) is 3.06. The van der Waals surface area contributed by atoms with Gasteiger partial charge in [-0.05, 0) is 19.4 Å². The Bertz CT molecular complexity index is 493. The van der Waals surface area contributed by atoms with E-state index >= 15 is 0 Å². The zero-order valence-electron chi connectivity index (χ0n) is 11.8. The molecular weight excluding hydrogens is 276 g/mol. The first-order valence-electron chi connectivity index (χ1n) is 7.07. The van der Waals surface area contributed by atoms with Crippen molar-refractivity contribution in [1.82, 2.24) is 30.3 Å². The highest BCUT2D eigenvalue weighted by Crippen LogP contribution is 2.13. The van der Waals surface area contributed by atoms with Gasteiger partial charge in [0.2, 0.25) is 0 Å². The van der Waals surface area contributed by atoms with Gasteiger partial charge >= 0.3 is 0 Å². The largest absolute Gasteiger partial charge is 0.344 e. The molecule has 0 atom stereocenters. The number of aryl methyl sites for hydroxylation is 2. The molecule has 0 saturated heterocycles. The van der Waals surface area contributed by atoms with Gasteiger partial charge in [-0.3, -0.25) is 4.68 Å². The fourth-order valence-electron chi connectivity index (χ4n) is 1.95. The standard InChI is InChI=1S/C13H21ClN6/c1-2-3-5-12-17-11(13(14)18-12)10-15-6-4-8-20-9-7-16-19-20/h7,9,15H,2-6,8,10H2,1H3,(H,17,18). The summed E-state index contributed by atoms with van der Waals surface area (Å²) in [5.41, 5.74) is 0.971. The number of rotatable bonds is 9. The number of hydrogen-bond donors (Lipinski definition) is 2. The molecule has 20 heavy (non-hydrogen) atoms. The molecule has 0 saturated carbocycles. The first kappa shape index (κ1) is 15.0. The summed E-state index contributed by atoms with van der Waals surface area (Å²) in [5, 5.41) is 11.6. The third-order valence-electron chi connectivity index (χ3n) is 3.06. The van der Waals surface area contributed by atoms with E-state index in [0.717, 1.165) is 56.8 Å². The molecule has 2 aromatic heterocycles. The first-order valence-corrected chi connectivity index (χ1v) is 7.45. The maximum atomic E-state index is 6.11. The predicted molar refractivity (Wildman–Crippen MR) is 78.6 cm³/mol. The Morgan fingerprint density at radius 1 is 1.40 bits per heavy atom. The lowest BCUT2D eigenvalue weighted by molar-refractivity contribution is 0.528. The highest BCUT2D eigenvalue weighted by molar-refractivity contribution is 6.30. The van der Waals surface area contributed by atoms with Crippen LogP contribution in [0.25, 0.3) is 0 Å². The van der Waals surface area contributed by atoms with Crippen LogP contribution in [0.2, 0.25) is 5.15 Å². The highest BCUT2D eigenvalue weighted by atomic mass is 35.5. The second-order valence-corrected chi connectivity index (χ2v) is 5.11. The number of nitrogens with zero attached hydrogens (tertiary/aromatic N) is 4. The topological polar surface area (TPSA) is 71.4 Å². The monoisotopic (exact) mass is 296 g/mol. The minimum Gasteiger partial charge on any atom is -0.344 e. The molecule has 6 nitrogen and oxygen atoms in total. The molecule has 2 heterocycles. The molecule has 0 aliphatic carbocycles. The molecule has 0 amide bonds. The fraction of sp³-hybridized carbons (Fsp3) is 0.615. The lowest BCUT2D eigenvalue weighted by Crippen LogP contribution is -2.17. The molecule has 0 radical (unpaired) electrons. The van der Waals surface area contributed by atoms with Crippen LogP contribution in [0.5, 0.6) is 0 Å². The van der Waals surface area contributed by atoms with Crippen LogP contribution in [-0.4, -0.2) is 31.5 Å². The third kappa shape index (κ3) is 4.61. The summed E-state index contributed by atoms with van der Waals surface area (Å²) in [7, 11) is 0. The Morgan fingerprint density at radius 3 is 3.05 bits per heavy atom. The van der Waals surface area contributed by atoms with Gasteiger partial charge in [-0.25, -0.2) is 4.98 Å². The SMILES string of the molecule is CCCCc1nc(Cl)c(CNCCCn2ccnn2)[nH]1. The fourth-order valence-corrected chi connectivity index (χ4v) is 2.17. The van der Waals surface area contributed by atoms with Crippen LogP contribution in [0.1, 0.15) is 37.7 Å². The van der Waals surface area contributed by atoms with Crippen molar-refractivity contribution >= 4 is 11.6 Å². The second kappa shape index (κ2) is 8.01. The second-order valence-electron chi connectivity index (χ2n) is 4.75. The molecule has 0 unspecified atom stereocenters. The van der Waals surface area contributed by atoms with Crippen molar-refractivity contribution < 1.29 is 0 Å². The van der Waals surface area contributed by atoms with Crippen LogP contribution < -0.4 is 5.32 Å². The van der Waals surface area contributed by atoms with Crippen LogP contribution in [-0.2, 0) is 19.5 Å². The van der Waals surface area contributed by atoms with Gasteiger partial charge in [-0.1, -0.05) is 30.2 Å². The van der Waals surface area contributed by atoms with Gasteiger partial charge in [-0.2, -0.15) is 0 Å². The minimum atomic E-state index is 0.583. The molecule has 0 spiro atoms. The first-order chi connectivity index (χ1) is 9.79. The summed E-state index contributed by atoms with van der Waals surface area (Å²) in [6, 6.07) is 0. The Labute approximate surface area is 123 Å². The van der Waals surface area contributed by atoms with Crippen molar-refractivity contribution in [2.24, 2.45) is 0 Å². The van der Waals surface area contributed by atoms with E-state index in [1.54, 1.807) is 6.20 Å². The van der Waals surface area contributed by atoms with Crippen LogP contribution in [0.15, 0.2) is 12.4 Å². The van der Waals surface area contributed by atoms with Crippen molar-refractivity contribution in [1.29, 1.82) is 0 Å². The van der Waals surface area contributed by atoms with Gasteiger partial charge in [0, 0.05) is 25.7 Å². The smallest absolute Gasteiger partial charge is 0.151 e. The lowest BCUT2D eigenvalue weighted by Gasteiger charge is -2.03. The van der Waals surface area contributed by atoms with E-state index in [1.807, 2.05) is 10.9 Å². The molecule has 0 aromatic carbocycles. The Morgan fingerprint density at radius 2 is 2.30 bits per heavy atom. The Kier molecular flexibility index (Phi) is 6.01. The van der Waals surface area contributed by atoms with Gasteiger partial charge in [0.15, 0.2) is 5.15 Å². The number of imidazole rings is 1. The Balaban J connectivity index is 1.67. The maximum absolute atomic E-state index is 6.11. The highest BCUT2D eigenvalue weighted by Gasteiger charge is 2.07. The van der Waals surface area contributed by atoms with Crippen LogP contribution in [0.4, 0.5) is 0 Å². The van der Waals surface area contributed by atoms with Gasteiger partial charge in [0.05, 0.1) is 11.9 Å². The molecule has 0 aliphatic rings. The van der Waals surface area contributed by atoms with E-state index in [-0.39, 0.29) is 0 Å². The number of H-pyrrole nitrogens is 1. The third-order valence-corrected chi connectivity index (χ3v) is 3.37. The van der Waals surface area contributed by atoms with Crippen molar-refractivity contribution in [3.8, 4) is 0 Å². The van der Waals surface area contributed by atoms with E-state index in [9.17, 15) is 0 Å². The Hall–Kier alpha value is -1.40. The van der Waals surface area contributed by atoms with Gasteiger partial charge < -0.3 is 10.3 Å². The number of aromatic amines is 1. The normalized spacial score (nSPS) is 11.1. The van der Waals surface area contributed by atoms with Crippen LogP contribution >= 0.6 is 11.6 Å². The van der Waals surface area contributed by atoms with Gasteiger partial charge in [0.1, 0.15) is 5.82 Å². The molecule has 2 rings (SSSR count). The van der Waals surface area contributed by atoms with E-state index in [2.05, 4.69) is 32.5 Å². The van der Waals surface area contributed by atoms with Crippen LogP contribution in [0.3, 0.4) is 0 Å². The molecule has 7 heteroatoms. The van der Waals surface area contributed by atoms with Crippen molar-refractivity contribution in [3.05, 3.63) is 29.1 Å². The quantitative estimate of drug-likeness (QED) is 0.696. The zero-order chi connectivity index (χ0) is 14.2. The maximum Gasteiger partial charge on any atom is 0.151 e. The summed E-state index contributed by atoms with van der Waals surface area (Å²) in [4.78, 5) is 7.62. The summed E-state index contributed by atoms with van der Waals surface area (Å²) in [5.74, 6) is 0.983. The number of halogens is 1. The zero-order valence-corrected chi connectivity index (χ0v) is 12.5. The molecule has 2 aromatic rings. The number of hydrogen-bond acceptors (Lipinski definition) is 4. The molecule has 2 N–H and O–H groups in total. The van der Waals surface area contributed by atoms with Crippen molar-refractivity contribution in [3.63, 3.8) is 0 Å². The average molecular weight is 297 g/mol. The van der Waals surface area contributed by atoms with Crippen LogP contribution in [0, 0.1) is 0 Å². The molecule has 110 valence electrons. The number of aromatic nitrogens is 5. The summed E-state index contributed by atoms with van der Waals surface area (Å²) < 4.78 is 1.83. The van der Waals surface area contributed by atoms with Crippen molar-refractivity contribution in [2.45, 2.75) is 45.7 Å². The van der Waals surface area contributed by atoms with E-state index < -0.39 is 0 Å². The molecule has 0 bridgehead atoms. The van der Waals surface area contributed by atoms with Gasteiger partial charge in [0.25, 0.3) is 0 Å². The van der Waals surface area contributed by atoms with Crippen molar-refractivity contribution in [2.75, 3.05) is 6.54 Å². The van der Waals surface area contributed by atoms with E-state index in [0.29, 0.717) is 5.15 Å². The summed E-state index contributed by atoms with van der Waals surface area (Å²) in [6.45, 7) is 4.66. The lowest BCUT2D eigenvalue weighted by atomic mass is 10.2.